The summed E-state index contributed by atoms with van der Waals surface area (Å²) in [6, 6.07) is 7.19. The monoisotopic (exact) mass is 289 g/mol. The highest BCUT2D eigenvalue weighted by atomic mass is 16.5. The van der Waals surface area contributed by atoms with Crippen LogP contribution in [0.4, 0.5) is 5.69 Å². The number of hydrogen-bond donors (Lipinski definition) is 2. The third-order valence-electron chi connectivity index (χ3n) is 2.88. The Balaban J connectivity index is 1.90. The van der Waals surface area contributed by atoms with E-state index < -0.39 is 0 Å². The fourth-order valence-corrected chi connectivity index (χ4v) is 1.86. The van der Waals surface area contributed by atoms with Crippen LogP contribution in [0.15, 0.2) is 30.5 Å². The molecular formula is C14H19N5O2. The lowest BCUT2D eigenvalue weighted by molar-refractivity contribution is -0.116. The van der Waals surface area contributed by atoms with E-state index >= 15 is 0 Å². The molecule has 2 rings (SSSR count). The summed E-state index contributed by atoms with van der Waals surface area (Å²) in [6.07, 6.45) is 3.39. The van der Waals surface area contributed by atoms with Crippen molar-refractivity contribution < 1.29 is 9.53 Å². The Labute approximate surface area is 123 Å². The van der Waals surface area contributed by atoms with Gasteiger partial charge in [-0.15, -0.1) is 5.10 Å². The Morgan fingerprint density at radius 2 is 2.33 bits per heavy atom. The summed E-state index contributed by atoms with van der Waals surface area (Å²) in [6.45, 7) is 0.732. The van der Waals surface area contributed by atoms with Crippen molar-refractivity contribution in [1.82, 2.24) is 15.0 Å². The van der Waals surface area contributed by atoms with Gasteiger partial charge in [0.1, 0.15) is 12.3 Å². The standard InChI is InChI=1S/C14H19N5O2/c1-21-13-6-2-4-11(8-13)16-14(20)10-19-9-12(17-18-19)5-3-7-15/h2,4,6,8-9H,3,5,7,10,15H2,1H3,(H,16,20). The van der Waals surface area contributed by atoms with Gasteiger partial charge in [-0.2, -0.15) is 0 Å². The van der Waals surface area contributed by atoms with Crippen molar-refractivity contribution in [3.05, 3.63) is 36.2 Å². The van der Waals surface area contributed by atoms with Gasteiger partial charge in [-0.25, -0.2) is 4.68 Å². The smallest absolute Gasteiger partial charge is 0.246 e. The number of hydrogen-bond acceptors (Lipinski definition) is 5. The first-order valence-electron chi connectivity index (χ1n) is 6.74. The van der Waals surface area contributed by atoms with Crippen LogP contribution in [0.2, 0.25) is 0 Å². The van der Waals surface area contributed by atoms with Crippen molar-refractivity contribution in [2.24, 2.45) is 5.73 Å². The maximum atomic E-state index is 11.9. The molecule has 1 amide bonds. The first-order chi connectivity index (χ1) is 10.2. The Bertz CT molecular complexity index is 597. The summed E-state index contributed by atoms with van der Waals surface area (Å²) in [4.78, 5) is 11.9. The number of benzene rings is 1. The number of ether oxygens (including phenoxy) is 1. The lowest BCUT2D eigenvalue weighted by atomic mass is 10.2. The normalized spacial score (nSPS) is 10.4. The van der Waals surface area contributed by atoms with E-state index in [1.54, 1.807) is 25.4 Å². The maximum absolute atomic E-state index is 11.9. The van der Waals surface area contributed by atoms with Crippen LogP contribution >= 0.6 is 0 Å². The van der Waals surface area contributed by atoms with Gasteiger partial charge >= 0.3 is 0 Å². The summed E-state index contributed by atoms with van der Waals surface area (Å²) in [5.74, 6) is 0.524. The van der Waals surface area contributed by atoms with E-state index in [0.717, 1.165) is 18.5 Å². The quantitative estimate of drug-likeness (QED) is 0.786. The van der Waals surface area contributed by atoms with Crippen molar-refractivity contribution in [3.63, 3.8) is 0 Å². The number of nitrogens with one attached hydrogen (secondary N) is 1. The molecular weight excluding hydrogens is 270 g/mol. The van der Waals surface area contributed by atoms with Gasteiger partial charge in [-0.05, 0) is 31.5 Å². The molecule has 0 saturated carbocycles. The average Bonchev–Trinajstić information content (AvgIpc) is 2.92. The van der Waals surface area contributed by atoms with Gasteiger partial charge < -0.3 is 15.8 Å². The fraction of sp³-hybridized carbons (Fsp3) is 0.357. The first-order valence-corrected chi connectivity index (χ1v) is 6.74. The number of carbonyl (C=O) groups is 1. The van der Waals surface area contributed by atoms with Gasteiger partial charge in [-0.1, -0.05) is 11.3 Å². The number of methoxy groups -OCH3 is 1. The molecule has 0 spiro atoms. The first kappa shape index (κ1) is 15.0. The van der Waals surface area contributed by atoms with Crippen LogP contribution in [-0.2, 0) is 17.8 Å². The Hall–Kier alpha value is -2.41. The van der Waals surface area contributed by atoms with Crippen LogP contribution in [0.3, 0.4) is 0 Å². The molecule has 21 heavy (non-hydrogen) atoms. The van der Waals surface area contributed by atoms with Gasteiger partial charge in [-0.3, -0.25) is 4.79 Å². The van der Waals surface area contributed by atoms with Crippen LogP contribution in [0.25, 0.3) is 0 Å². The maximum Gasteiger partial charge on any atom is 0.246 e. The summed E-state index contributed by atoms with van der Waals surface area (Å²) < 4.78 is 6.62. The Kier molecular flexibility index (Phi) is 5.28. The molecule has 0 aliphatic carbocycles. The van der Waals surface area contributed by atoms with Crippen LogP contribution in [0.5, 0.6) is 5.75 Å². The van der Waals surface area contributed by atoms with Crippen molar-refractivity contribution in [3.8, 4) is 5.75 Å². The summed E-state index contributed by atoms with van der Waals surface area (Å²) in [5.41, 5.74) is 6.97. The van der Waals surface area contributed by atoms with Gasteiger partial charge in [0, 0.05) is 18.0 Å². The Morgan fingerprint density at radius 1 is 1.48 bits per heavy atom. The molecule has 0 atom stereocenters. The summed E-state index contributed by atoms with van der Waals surface area (Å²) >= 11 is 0. The predicted octanol–water partition coefficient (Wildman–Crippen LogP) is 0.817. The predicted molar refractivity (Wildman–Crippen MR) is 79.0 cm³/mol. The van der Waals surface area contributed by atoms with E-state index in [2.05, 4.69) is 15.6 Å². The number of aryl methyl sites for hydroxylation is 1. The minimum absolute atomic E-state index is 0.118. The fourth-order valence-electron chi connectivity index (χ4n) is 1.86. The molecule has 0 aliphatic rings. The molecule has 7 heteroatoms. The van der Waals surface area contributed by atoms with Crippen LogP contribution in [-0.4, -0.2) is 34.6 Å². The molecule has 0 bridgehead atoms. The zero-order valence-corrected chi connectivity index (χ0v) is 12.0. The van der Waals surface area contributed by atoms with E-state index in [1.165, 1.54) is 4.68 Å². The highest BCUT2D eigenvalue weighted by Crippen LogP contribution is 2.16. The lowest BCUT2D eigenvalue weighted by Crippen LogP contribution is -2.19. The SMILES string of the molecule is COc1cccc(NC(=O)Cn2cc(CCCN)nn2)c1. The molecule has 0 unspecified atom stereocenters. The second-order valence-corrected chi connectivity index (χ2v) is 4.58. The molecule has 112 valence electrons. The van der Waals surface area contributed by atoms with Gasteiger partial charge in [0.15, 0.2) is 0 Å². The third kappa shape index (κ3) is 4.57. The van der Waals surface area contributed by atoms with Gasteiger partial charge in [0.05, 0.1) is 12.8 Å². The number of anilines is 1. The number of amides is 1. The molecule has 0 saturated heterocycles. The number of rotatable bonds is 7. The van der Waals surface area contributed by atoms with E-state index in [9.17, 15) is 4.79 Å². The lowest BCUT2D eigenvalue weighted by Gasteiger charge is -2.06. The largest absolute Gasteiger partial charge is 0.497 e. The van der Waals surface area contributed by atoms with E-state index in [-0.39, 0.29) is 12.5 Å². The van der Waals surface area contributed by atoms with Crippen molar-refractivity contribution in [2.75, 3.05) is 19.0 Å². The Morgan fingerprint density at radius 3 is 3.10 bits per heavy atom. The molecule has 0 aliphatic heterocycles. The average molecular weight is 289 g/mol. The summed E-state index contributed by atoms with van der Waals surface area (Å²) in [5, 5.41) is 10.7. The second kappa shape index (κ2) is 7.39. The highest BCUT2D eigenvalue weighted by molar-refractivity contribution is 5.90. The summed E-state index contributed by atoms with van der Waals surface area (Å²) in [7, 11) is 1.58. The van der Waals surface area contributed by atoms with Gasteiger partial charge in [0.2, 0.25) is 5.91 Å². The van der Waals surface area contributed by atoms with E-state index in [0.29, 0.717) is 18.0 Å². The highest BCUT2D eigenvalue weighted by Gasteiger charge is 2.07. The minimum atomic E-state index is -0.168. The van der Waals surface area contributed by atoms with Crippen molar-refractivity contribution >= 4 is 11.6 Å². The van der Waals surface area contributed by atoms with Crippen LogP contribution in [0, 0.1) is 0 Å². The number of nitrogens with two attached hydrogens (primary N) is 1. The van der Waals surface area contributed by atoms with Crippen LogP contribution < -0.4 is 15.8 Å². The number of aromatic nitrogens is 3. The zero-order chi connectivity index (χ0) is 15.1. The van der Waals surface area contributed by atoms with E-state index in [1.807, 2.05) is 12.1 Å². The van der Waals surface area contributed by atoms with Gasteiger partial charge in [0.25, 0.3) is 0 Å². The van der Waals surface area contributed by atoms with Crippen molar-refractivity contribution in [1.29, 1.82) is 0 Å². The molecule has 7 nitrogen and oxygen atoms in total. The molecule has 3 N–H and O–H groups in total. The molecule has 1 aromatic heterocycles. The molecule has 1 aromatic carbocycles. The zero-order valence-electron chi connectivity index (χ0n) is 12.0. The third-order valence-corrected chi connectivity index (χ3v) is 2.88. The minimum Gasteiger partial charge on any atom is -0.497 e. The van der Waals surface area contributed by atoms with Crippen molar-refractivity contribution in [2.45, 2.75) is 19.4 Å². The topological polar surface area (TPSA) is 95.1 Å². The number of carbonyl (C=O) groups excluding carboxylic acids is 1. The van der Waals surface area contributed by atoms with E-state index in [4.69, 9.17) is 10.5 Å². The molecule has 0 radical (unpaired) electrons. The molecule has 2 aromatic rings. The second-order valence-electron chi connectivity index (χ2n) is 4.58. The van der Waals surface area contributed by atoms with Crippen LogP contribution in [0.1, 0.15) is 12.1 Å². The molecule has 1 heterocycles. The number of nitrogens with zero attached hydrogens (tertiary/aromatic N) is 3. The molecule has 0 fully saturated rings.